The molecule has 8 heteroatoms. The first kappa shape index (κ1) is 15.5. The molecule has 1 aromatic carbocycles. The summed E-state index contributed by atoms with van der Waals surface area (Å²) in [5.74, 6) is -0.486. The van der Waals surface area contributed by atoms with Crippen LogP contribution in [-0.2, 0) is 6.54 Å². The smallest absolute Gasteiger partial charge is 0.325 e. The van der Waals surface area contributed by atoms with E-state index in [1.54, 1.807) is 17.9 Å². The van der Waals surface area contributed by atoms with Crippen molar-refractivity contribution in [1.82, 2.24) is 24.6 Å². The molecule has 0 spiro atoms. The quantitative estimate of drug-likeness (QED) is 0.730. The number of amides is 1. The summed E-state index contributed by atoms with van der Waals surface area (Å²) >= 11 is 0. The molecule has 1 amide bonds. The van der Waals surface area contributed by atoms with Crippen molar-refractivity contribution in [1.29, 1.82) is 0 Å². The molecule has 122 valence electrons. The minimum Gasteiger partial charge on any atom is -0.337 e. The second-order valence-corrected chi connectivity index (χ2v) is 5.28. The van der Waals surface area contributed by atoms with Crippen molar-refractivity contribution < 1.29 is 4.79 Å². The number of nitrogens with zero attached hydrogens (tertiary/aromatic N) is 3. The lowest BCUT2D eigenvalue weighted by atomic mass is 10.2. The van der Waals surface area contributed by atoms with Gasteiger partial charge in [0.25, 0.3) is 11.5 Å². The number of carbonyl (C=O) groups excluding carboxylic acids is 1. The minimum absolute atomic E-state index is 0.118. The number of nitrogens with one attached hydrogen (secondary N) is 2. The number of hydrogen-bond acceptors (Lipinski definition) is 4. The molecular weight excluding hydrogens is 310 g/mol. The van der Waals surface area contributed by atoms with Crippen LogP contribution in [-0.4, -0.2) is 37.6 Å². The van der Waals surface area contributed by atoms with Crippen molar-refractivity contribution >= 4 is 5.91 Å². The van der Waals surface area contributed by atoms with Crippen LogP contribution in [0.3, 0.4) is 0 Å². The van der Waals surface area contributed by atoms with Gasteiger partial charge in [-0.25, -0.2) is 9.48 Å². The van der Waals surface area contributed by atoms with Gasteiger partial charge in [-0.05, 0) is 12.1 Å². The van der Waals surface area contributed by atoms with Crippen molar-refractivity contribution in [2.24, 2.45) is 0 Å². The Labute approximate surface area is 136 Å². The van der Waals surface area contributed by atoms with Crippen molar-refractivity contribution in [3.8, 4) is 5.69 Å². The highest BCUT2D eigenvalue weighted by Crippen LogP contribution is 2.10. The van der Waals surface area contributed by atoms with Gasteiger partial charge in [0.2, 0.25) is 0 Å². The van der Waals surface area contributed by atoms with E-state index in [1.807, 2.05) is 41.5 Å². The van der Waals surface area contributed by atoms with Crippen molar-refractivity contribution in [2.75, 3.05) is 7.05 Å². The molecule has 0 unspecified atom stereocenters. The molecule has 0 aliphatic rings. The van der Waals surface area contributed by atoms with Gasteiger partial charge in [0.05, 0.1) is 11.9 Å². The van der Waals surface area contributed by atoms with Crippen LogP contribution in [0.5, 0.6) is 0 Å². The van der Waals surface area contributed by atoms with Gasteiger partial charge >= 0.3 is 5.69 Å². The van der Waals surface area contributed by atoms with E-state index in [9.17, 15) is 14.4 Å². The Morgan fingerprint density at radius 3 is 2.71 bits per heavy atom. The van der Waals surface area contributed by atoms with Gasteiger partial charge in [0.1, 0.15) is 5.56 Å². The van der Waals surface area contributed by atoms with Crippen LogP contribution in [0.25, 0.3) is 5.69 Å². The summed E-state index contributed by atoms with van der Waals surface area (Å²) in [7, 11) is 1.58. The number of benzene rings is 1. The van der Waals surface area contributed by atoms with Gasteiger partial charge in [-0.1, -0.05) is 18.2 Å². The molecule has 3 aromatic rings. The number of carbonyl (C=O) groups is 1. The normalized spacial score (nSPS) is 10.5. The van der Waals surface area contributed by atoms with Gasteiger partial charge in [-0.15, -0.1) is 0 Å². The number of aromatic amines is 2. The van der Waals surface area contributed by atoms with E-state index in [0.29, 0.717) is 0 Å². The van der Waals surface area contributed by atoms with Gasteiger partial charge in [0, 0.05) is 31.5 Å². The van der Waals surface area contributed by atoms with Gasteiger partial charge in [0.15, 0.2) is 0 Å². The van der Waals surface area contributed by atoms with Crippen molar-refractivity contribution in [3.05, 3.63) is 80.9 Å². The predicted molar refractivity (Wildman–Crippen MR) is 87.0 cm³/mol. The standard InChI is InChI=1S/C16H15N5O3/c1-20(15(23)13-8-17-16(24)19-14(13)22)9-11-7-18-21(10-11)12-5-3-2-4-6-12/h2-8,10H,9H2,1H3,(H2,17,19,22,24). The summed E-state index contributed by atoms with van der Waals surface area (Å²) in [5.41, 5.74) is 0.247. The van der Waals surface area contributed by atoms with E-state index >= 15 is 0 Å². The van der Waals surface area contributed by atoms with Crippen LogP contribution in [0.2, 0.25) is 0 Å². The summed E-state index contributed by atoms with van der Waals surface area (Å²) in [6, 6.07) is 9.59. The van der Waals surface area contributed by atoms with Crippen molar-refractivity contribution in [2.45, 2.75) is 6.54 Å². The molecule has 2 aromatic heterocycles. The summed E-state index contributed by atoms with van der Waals surface area (Å²) in [4.78, 5) is 40.7. The van der Waals surface area contributed by atoms with Crippen LogP contribution in [0.15, 0.2) is 58.5 Å². The largest absolute Gasteiger partial charge is 0.337 e. The maximum atomic E-state index is 12.3. The second kappa shape index (κ2) is 6.37. The van der Waals surface area contributed by atoms with E-state index in [2.05, 4.69) is 10.1 Å². The topological polar surface area (TPSA) is 104 Å². The van der Waals surface area contributed by atoms with Crippen LogP contribution in [0.1, 0.15) is 15.9 Å². The van der Waals surface area contributed by atoms with E-state index in [4.69, 9.17) is 0 Å². The van der Waals surface area contributed by atoms with Crippen molar-refractivity contribution in [3.63, 3.8) is 0 Å². The van der Waals surface area contributed by atoms with Gasteiger partial charge < -0.3 is 9.88 Å². The lowest BCUT2D eigenvalue weighted by molar-refractivity contribution is 0.0782. The molecule has 2 heterocycles. The fraction of sp³-hybridized carbons (Fsp3) is 0.125. The summed E-state index contributed by atoms with van der Waals surface area (Å²) in [6.07, 6.45) is 4.59. The van der Waals surface area contributed by atoms with E-state index < -0.39 is 17.2 Å². The minimum atomic E-state index is -0.712. The molecule has 8 nitrogen and oxygen atoms in total. The molecule has 0 atom stereocenters. The first-order valence-corrected chi connectivity index (χ1v) is 7.21. The SMILES string of the molecule is CN(Cc1cnn(-c2ccccc2)c1)C(=O)c1c[nH]c(=O)[nH]c1=O. The van der Waals surface area contributed by atoms with Crippen LogP contribution < -0.4 is 11.2 Å². The van der Waals surface area contributed by atoms with Crippen LogP contribution >= 0.6 is 0 Å². The highest BCUT2D eigenvalue weighted by molar-refractivity contribution is 5.93. The molecular formula is C16H15N5O3. The average molecular weight is 325 g/mol. The average Bonchev–Trinajstić information content (AvgIpc) is 3.03. The Kier molecular flexibility index (Phi) is 4.11. The number of hydrogen-bond donors (Lipinski definition) is 2. The highest BCUT2D eigenvalue weighted by Gasteiger charge is 2.16. The molecule has 0 bridgehead atoms. The third-order valence-electron chi connectivity index (χ3n) is 3.47. The first-order chi connectivity index (χ1) is 11.5. The Morgan fingerprint density at radius 1 is 1.25 bits per heavy atom. The fourth-order valence-electron chi connectivity index (χ4n) is 2.28. The Hall–Kier alpha value is -3.42. The fourth-order valence-corrected chi connectivity index (χ4v) is 2.28. The maximum absolute atomic E-state index is 12.3. The second-order valence-electron chi connectivity index (χ2n) is 5.28. The third kappa shape index (κ3) is 3.17. The zero-order chi connectivity index (χ0) is 17.1. The van der Waals surface area contributed by atoms with Crippen LogP contribution in [0, 0.1) is 0 Å². The predicted octanol–water partition coefficient (Wildman–Crippen LogP) is 0.521. The summed E-state index contributed by atoms with van der Waals surface area (Å²) in [6.45, 7) is 0.282. The number of rotatable bonds is 4. The zero-order valence-corrected chi connectivity index (χ0v) is 12.9. The lowest BCUT2D eigenvalue weighted by Gasteiger charge is -2.15. The van der Waals surface area contributed by atoms with Gasteiger partial charge in [-0.2, -0.15) is 5.10 Å². The Balaban J connectivity index is 1.76. The zero-order valence-electron chi connectivity index (χ0n) is 12.9. The number of para-hydroxylation sites is 1. The summed E-state index contributed by atoms with van der Waals surface area (Å²) in [5, 5.41) is 4.26. The first-order valence-electron chi connectivity index (χ1n) is 7.21. The highest BCUT2D eigenvalue weighted by atomic mass is 16.2. The molecule has 0 saturated carbocycles. The monoisotopic (exact) mass is 325 g/mol. The molecule has 0 aliphatic heterocycles. The van der Waals surface area contributed by atoms with E-state index in [-0.39, 0.29) is 12.1 Å². The Morgan fingerprint density at radius 2 is 2.00 bits per heavy atom. The Bertz CT molecular complexity index is 971. The maximum Gasteiger partial charge on any atom is 0.325 e. The van der Waals surface area contributed by atoms with E-state index in [0.717, 1.165) is 17.4 Å². The van der Waals surface area contributed by atoms with E-state index in [1.165, 1.54) is 4.90 Å². The third-order valence-corrected chi connectivity index (χ3v) is 3.47. The van der Waals surface area contributed by atoms with Crippen LogP contribution in [0.4, 0.5) is 0 Å². The molecule has 2 N–H and O–H groups in total. The number of H-pyrrole nitrogens is 2. The molecule has 3 rings (SSSR count). The molecule has 0 radical (unpaired) electrons. The molecule has 0 saturated heterocycles. The molecule has 0 fully saturated rings. The lowest BCUT2D eigenvalue weighted by Crippen LogP contribution is -2.34. The molecule has 0 aliphatic carbocycles. The molecule has 24 heavy (non-hydrogen) atoms. The summed E-state index contributed by atoms with van der Waals surface area (Å²) < 4.78 is 1.71. The number of aromatic nitrogens is 4. The van der Waals surface area contributed by atoms with Gasteiger partial charge in [-0.3, -0.25) is 14.6 Å².